The largest absolute Gasteiger partial charge is 0.398 e. The van der Waals surface area contributed by atoms with Gasteiger partial charge in [0.2, 0.25) is 0 Å². The van der Waals surface area contributed by atoms with Crippen molar-refractivity contribution >= 4 is 23.2 Å². The van der Waals surface area contributed by atoms with Crippen molar-refractivity contribution in [2.75, 3.05) is 32.4 Å². The van der Waals surface area contributed by atoms with Gasteiger partial charge in [0.15, 0.2) is 0 Å². The Labute approximate surface area is 125 Å². The zero-order valence-corrected chi connectivity index (χ0v) is 12.8. The van der Waals surface area contributed by atoms with E-state index in [2.05, 4.69) is 24.2 Å². The molecule has 4 nitrogen and oxygen atoms in total. The molecule has 1 aliphatic heterocycles. The lowest BCUT2D eigenvalue weighted by molar-refractivity contribution is 0.0892. The molecule has 3 N–H and O–H groups in total. The van der Waals surface area contributed by atoms with Gasteiger partial charge in [-0.1, -0.05) is 18.5 Å². The van der Waals surface area contributed by atoms with Gasteiger partial charge in [0.25, 0.3) is 5.91 Å². The summed E-state index contributed by atoms with van der Waals surface area (Å²) >= 11 is 5.91. The molecule has 1 amide bonds. The molecule has 0 spiro atoms. The van der Waals surface area contributed by atoms with Crippen molar-refractivity contribution in [1.29, 1.82) is 0 Å². The Balaban J connectivity index is 1.97. The van der Waals surface area contributed by atoms with Crippen LogP contribution in [0.1, 0.15) is 30.1 Å². The van der Waals surface area contributed by atoms with Crippen LogP contribution in [-0.2, 0) is 0 Å². The van der Waals surface area contributed by atoms with Crippen molar-refractivity contribution in [3.8, 4) is 0 Å². The molecule has 0 saturated carbocycles. The Morgan fingerprint density at radius 1 is 1.45 bits per heavy atom. The second-order valence-corrected chi connectivity index (χ2v) is 6.46. The van der Waals surface area contributed by atoms with E-state index in [-0.39, 0.29) is 11.3 Å². The molecule has 0 aromatic heterocycles. The average Bonchev–Trinajstić information content (AvgIpc) is 2.43. The molecule has 0 aliphatic carbocycles. The highest BCUT2D eigenvalue weighted by molar-refractivity contribution is 6.31. The maximum atomic E-state index is 12.2. The second kappa shape index (κ2) is 6.02. The number of anilines is 1. The standard InChI is InChI=1S/C15H22ClN3O/c1-15(5-7-19(2)8-6-15)10-18-14(20)12-9-11(16)3-4-13(12)17/h3-4,9H,5-8,10,17H2,1-2H3,(H,18,20). The van der Waals surface area contributed by atoms with Crippen LogP contribution < -0.4 is 11.1 Å². The summed E-state index contributed by atoms with van der Waals surface area (Å²) in [5, 5.41) is 3.52. The highest BCUT2D eigenvalue weighted by Crippen LogP contribution is 2.29. The van der Waals surface area contributed by atoms with Gasteiger partial charge in [-0.2, -0.15) is 0 Å². The molecular formula is C15H22ClN3O. The summed E-state index contributed by atoms with van der Waals surface area (Å²) < 4.78 is 0. The minimum atomic E-state index is -0.148. The smallest absolute Gasteiger partial charge is 0.253 e. The Kier molecular flexibility index (Phi) is 4.55. The summed E-state index contributed by atoms with van der Waals surface area (Å²) in [6.45, 7) is 5.05. The number of nitrogens with zero attached hydrogens (tertiary/aromatic N) is 1. The number of carbonyl (C=O) groups excluding carboxylic acids is 1. The number of likely N-dealkylation sites (tertiary alicyclic amines) is 1. The molecule has 1 heterocycles. The van der Waals surface area contributed by atoms with Gasteiger partial charge in [0.05, 0.1) is 5.56 Å². The van der Waals surface area contributed by atoms with E-state index in [4.69, 9.17) is 17.3 Å². The predicted molar refractivity (Wildman–Crippen MR) is 83.0 cm³/mol. The number of piperidine rings is 1. The summed E-state index contributed by atoms with van der Waals surface area (Å²) in [6.07, 6.45) is 2.18. The highest BCUT2D eigenvalue weighted by Gasteiger charge is 2.29. The maximum absolute atomic E-state index is 12.2. The quantitative estimate of drug-likeness (QED) is 0.842. The number of nitrogens with two attached hydrogens (primary N) is 1. The van der Waals surface area contributed by atoms with Gasteiger partial charge in [-0.15, -0.1) is 0 Å². The van der Waals surface area contributed by atoms with Crippen LogP contribution in [-0.4, -0.2) is 37.5 Å². The van der Waals surface area contributed by atoms with E-state index in [1.54, 1.807) is 18.2 Å². The second-order valence-electron chi connectivity index (χ2n) is 6.03. The van der Waals surface area contributed by atoms with Crippen LogP contribution in [0, 0.1) is 5.41 Å². The SMILES string of the molecule is CN1CCC(C)(CNC(=O)c2cc(Cl)ccc2N)CC1. The van der Waals surface area contributed by atoms with Crippen LogP contribution in [0.15, 0.2) is 18.2 Å². The number of nitrogen functional groups attached to an aromatic ring is 1. The Hall–Kier alpha value is -1.26. The molecule has 1 aromatic carbocycles. The molecule has 20 heavy (non-hydrogen) atoms. The van der Waals surface area contributed by atoms with Crippen molar-refractivity contribution in [1.82, 2.24) is 10.2 Å². The van der Waals surface area contributed by atoms with Gasteiger partial charge in [-0.25, -0.2) is 0 Å². The van der Waals surface area contributed by atoms with Crippen LogP contribution >= 0.6 is 11.6 Å². The first-order chi connectivity index (χ1) is 9.39. The zero-order chi connectivity index (χ0) is 14.8. The number of amides is 1. The lowest BCUT2D eigenvalue weighted by Gasteiger charge is -2.38. The molecule has 1 aliphatic rings. The van der Waals surface area contributed by atoms with E-state index in [1.165, 1.54) is 0 Å². The minimum Gasteiger partial charge on any atom is -0.398 e. The van der Waals surface area contributed by atoms with Gasteiger partial charge in [0.1, 0.15) is 0 Å². The molecule has 110 valence electrons. The van der Waals surface area contributed by atoms with Crippen LogP contribution in [0.25, 0.3) is 0 Å². The normalized spacial score (nSPS) is 18.8. The van der Waals surface area contributed by atoms with Crippen molar-refractivity contribution in [2.24, 2.45) is 5.41 Å². The van der Waals surface area contributed by atoms with E-state index in [0.29, 0.717) is 22.8 Å². The third-order valence-electron chi connectivity index (χ3n) is 4.13. The number of benzene rings is 1. The minimum absolute atomic E-state index is 0.148. The third-order valence-corrected chi connectivity index (χ3v) is 4.36. The van der Waals surface area contributed by atoms with Crippen molar-refractivity contribution in [3.63, 3.8) is 0 Å². The summed E-state index contributed by atoms with van der Waals surface area (Å²) in [5.74, 6) is -0.148. The molecule has 1 aromatic rings. The molecule has 0 unspecified atom stereocenters. The number of hydrogen-bond acceptors (Lipinski definition) is 3. The third kappa shape index (κ3) is 3.64. The first kappa shape index (κ1) is 15.1. The maximum Gasteiger partial charge on any atom is 0.253 e. The molecular weight excluding hydrogens is 274 g/mol. The highest BCUT2D eigenvalue weighted by atomic mass is 35.5. The van der Waals surface area contributed by atoms with Gasteiger partial charge in [-0.3, -0.25) is 4.79 Å². The van der Waals surface area contributed by atoms with Gasteiger partial charge >= 0.3 is 0 Å². The number of rotatable bonds is 3. The molecule has 5 heteroatoms. The van der Waals surface area contributed by atoms with Crippen molar-refractivity contribution in [2.45, 2.75) is 19.8 Å². The fourth-order valence-electron chi connectivity index (χ4n) is 2.45. The average molecular weight is 296 g/mol. The Bertz CT molecular complexity index is 496. The van der Waals surface area contributed by atoms with Gasteiger partial charge in [-0.05, 0) is 56.6 Å². The Morgan fingerprint density at radius 3 is 2.75 bits per heavy atom. The molecule has 2 rings (SSSR count). The fraction of sp³-hybridized carbons (Fsp3) is 0.533. The van der Waals surface area contributed by atoms with E-state index in [0.717, 1.165) is 25.9 Å². The zero-order valence-electron chi connectivity index (χ0n) is 12.1. The summed E-state index contributed by atoms with van der Waals surface area (Å²) in [4.78, 5) is 14.5. The summed E-state index contributed by atoms with van der Waals surface area (Å²) in [5.41, 5.74) is 6.90. The number of carbonyl (C=O) groups is 1. The van der Waals surface area contributed by atoms with Gasteiger partial charge in [0, 0.05) is 17.3 Å². The van der Waals surface area contributed by atoms with Crippen LogP contribution in [0.2, 0.25) is 5.02 Å². The van der Waals surface area contributed by atoms with E-state index < -0.39 is 0 Å². The topological polar surface area (TPSA) is 58.4 Å². The van der Waals surface area contributed by atoms with Gasteiger partial charge < -0.3 is 16.0 Å². The molecule has 1 saturated heterocycles. The number of halogens is 1. The van der Waals surface area contributed by atoms with Crippen molar-refractivity contribution < 1.29 is 4.79 Å². The summed E-state index contributed by atoms with van der Waals surface area (Å²) in [7, 11) is 2.13. The Morgan fingerprint density at radius 2 is 2.10 bits per heavy atom. The van der Waals surface area contributed by atoms with E-state index >= 15 is 0 Å². The number of nitrogens with one attached hydrogen (secondary N) is 1. The lowest BCUT2D eigenvalue weighted by atomic mass is 9.80. The predicted octanol–water partition coefficient (Wildman–Crippen LogP) is 2.38. The molecule has 0 atom stereocenters. The van der Waals surface area contributed by atoms with Crippen LogP contribution in [0.4, 0.5) is 5.69 Å². The molecule has 0 radical (unpaired) electrons. The molecule has 0 bridgehead atoms. The molecule has 1 fully saturated rings. The monoisotopic (exact) mass is 295 g/mol. The number of hydrogen-bond donors (Lipinski definition) is 2. The first-order valence-corrected chi connectivity index (χ1v) is 7.29. The lowest BCUT2D eigenvalue weighted by Crippen LogP contribution is -2.43. The van der Waals surface area contributed by atoms with E-state index in [9.17, 15) is 4.79 Å². The van der Waals surface area contributed by atoms with Crippen molar-refractivity contribution in [3.05, 3.63) is 28.8 Å². The van der Waals surface area contributed by atoms with Crippen LogP contribution in [0.3, 0.4) is 0 Å². The summed E-state index contributed by atoms with van der Waals surface area (Å²) in [6, 6.07) is 4.96. The first-order valence-electron chi connectivity index (χ1n) is 6.91. The van der Waals surface area contributed by atoms with Crippen LogP contribution in [0.5, 0.6) is 0 Å². The van der Waals surface area contributed by atoms with E-state index in [1.807, 2.05) is 0 Å². The fourth-order valence-corrected chi connectivity index (χ4v) is 2.62.